The maximum atomic E-state index is 12.9. The van der Waals surface area contributed by atoms with Crippen molar-refractivity contribution in [3.63, 3.8) is 0 Å². The van der Waals surface area contributed by atoms with Gasteiger partial charge in [-0.1, -0.05) is 6.42 Å². The molecule has 2 rings (SSSR count). The molecule has 0 unspecified atom stereocenters. The van der Waals surface area contributed by atoms with E-state index < -0.39 is 10.2 Å². The van der Waals surface area contributed by atoms with Crippen LogP contribution < -0.4 is 0 Å². The molecule has 1 aliphatic rings. The van der Waals surface area contributed by atoms with Gasteiger partial charge in [-0.05, 0) is 26.7 Å². The van der Waals surface area contributed by atoms with Gasteiger partial charge in [-0.25, -0.2) is 4.98 Å². The number of hydrogen-bond acceptors (Lipinski definition) is 4. The van der Waals surface area contributed by atoms with Crippen LogP contribution in [0.25, 0.3) is 0 Å². The molecule has 128 valence electrons. The second kappa shape index (κ2) is 7.43. The van der Waals surface area contributed by atoms with Crippen molar-refractivity contribution in [1.82, 2.24) is 18.2 Å². The highest BCUT2D eigenvalue weighted by Crippen LogP contribution is 2.33. The summed E-state index contributed by atoms with van der Waals surface area (Å²) < 4.78 is 30.7. The zero-order valence-electron chi connectivity index (χ0n) is 14.0. The molecule has 0 aromatic carbocycles. The molecular weight excluding hydrogens is 314 g/mol. The maximum Gasteiger partial charge on any atom is 0.282 e. The summed E-state index contributed by atoms with van der Waals surface area (Å²) in [5, 5.41) is 8.93. The van der Waals surface area contributed by atoms with Crippen LogP contribution in [0.1, 0.15) is 45.0 Å². The molecule has 8 heteroatoms. The Bertz CT molecular complexity index is 664. The lowest BCUT2D eigenvalue weighted by molar-refractivity contribution is 0.225. The van der Waals surface area contributed by atoms with Gasteiger partial charge >= 0.3 is 0 Å². The molecular formula is C15H25N5O2S. The van der Waals surface area contributed by atoms with Crippen LogP contribution >= 0.6 is 0 Å². The number of nitriles is 1. The smallest absolute Gasteiger partial charge is 0.282 e. The third kappa shape index (κ3) is 3.74. The molecule has 1 aromatic rings. The van der Waals surface area contributed by atoms with Crippen molar-refractivity contribution >= 4 is 10.2 Å². The van der Waals surface area contributed by atoms with Gasteiger partial charge in [-0.3, -0.25) is 0 Å². The van der Waals surface area contributed by atoms with Crippen LogP contribution in [0.3, 0.4) is 0 Å². The minimum atomic E-state index is -3.61. The highest BCUT2D eigenvalue weighted by molar-refractivity contribution is 7.86. The molecule has 0 bridgehead atoms. The lowest BCUT2D eigenvalue weighted by Crippen LogP contribution is -2.47. The summed E-state index contributed by atoms with van der Waals surface area (Å²) in [6.07, 6.45) is 6.23. The van der Waals surface area contributed by atoms with E-state index in [1.165, 1.54) is 4.31 Å². The molecule has 0 aliphatic carbocycles. The van der Waals surface area contributed by atoms with Crippen LogP contribution in [0.2, 0.25) is 0 Å². The third-order valence-corrected chi connectivity index (χ3v) is 6.25. The summed E-state index contributed by atoms with van der Waals surface area (Å²) in [6, 6.07) is 1.85. The average molecular weight is 339 g/mol. The maximum absolute atomic E-state index is 12.9. The SMILES string of the molecule is CCn1ccnc1[C@H]1CCCCN1S(=O)(=O)N(C)C[C@H](C)C#N. The zero-order valence-corrected chi connectivity index (χ0v) is 14.8. The van der Waals surface area contributed by atoms with E-state index in [0.29, 0.717) is 6.54 Å². The number of hydrogen-bond donors (Lipinski definition) is 0. The van der Waals surface area contributed by atoms with E-state index in [0.717, 1.165) is 31.6 Å². The summed E-state index contributed by atoms with van der Waals surface area (Å²) in [5.74, 6) is 0.466. The molecule has 1 aromatic heterocycles. The molecule has 0 saturated carbocycles. The van der Waals surface area contributed by atoms with Crippen molar-refractivity contribution < 1.29 is 8.42 Å². The Morgan fingerprint density at radius 3 is 2.91 bits per heavy atom. The van der Waals surface area contributed by atoms with Gasteiger partial charge in [0.25, 0.3) is 10.2 Å². The average Bonchev–Trinajstić information content (AvgIpc) is 3.03. The lowest BCUT2D eigenvalue weighted by Gasteiger charge is -2.36. The van der Waals surface area contributed by atoms with Crippen molar-refractivity contribution in [3.8, 4) is 6.07 Å². The Morgan fingerprint density at radius 1 is 1.52 bits per heavy atom. The van der Waals surface area contributed by atoms with Crippen LogP contribution in [-0.2, 0) is 16.8 Å². The second-order valence-corrected chi connectivity index (χ2v) is 8.00. The highest BCUT2D eigenvalue weighted by atomic mass is 32.2. The van der Waals surface area contributed by atoms with Gasteiger partial charge in [0.2, 0.25) is 0 Å². The van der Waals surface area contributed by atoms with E-state index in [1.54, 1.807) is 24.5 Å². The van der Waals surface area contributed by atoms with E-state index in [2.05, 4.69) is 11.1 Å². The Labute approximate surface area is 138 Å². The van der Waals surface area contributed by atoms with E-state index in [-0.39, 0.29) is 18.5 Å². The predicted octanol–water partition coefficient (Wildman–Crippen LogP) is 1.77. The number of nitrogens with zero attached hydrogens (tertiary/aromatic N) is 5. The van der Waals surface area contributed by atoms with E-state index >= 15 is 0 Å². The summed E-state index contributed by atoms with van der Waals surface area (Å²) >= 11 is 0. The molecule has 1 aliphatic heterocycles. The molecule has 23 heavy (non-hydrogen) atoms. The Kier molecular flexibility index (Phi) is 5.79. The number of aryl methyl sites for hydroxylation is 1. The van der Waals surface area contributed by atoms with Gasteiger partial charge in [0.1, 0.15) is 5.82 Å². The normalized spacial score (nSPS) is 21.3. The fourth-order valence-electron chi connectivity index (χ4n) is 3.02. The minimum absolute atomic E-state index is 0.199. The van der Waals surface area contributed by atoms with Crippen molar-refractivity contribution in [1.29, 1.82) is 5.26 Å². The summed E-state index contributed by atoms with van der Waals surface area (Å²) in [4.78, 5) is 4.40. The van der Waals surface area contributed by atoms with Gasteiger partial charge < -0.3 is 4.57 Å². The van der Waals surface area contributed by atoms with Crippen LogP contribution in [0.15, 0.2) is 12.4 Å². The van der Waals surface area contributed by atoms with Crippen molar-refractivity contribution in [2.24, 2.45) is 5.92 Å². The highest BCUT2D eigenvalue weighted by Gasteiger charge is 2.38. The standard InChI is InChI=1S/C15H25N5O2S/c1-4-19-10-8-17-15(19)14-7-5-6-9-20(14)23(21,22)18(3)12-13(2)11-16/h8,10,13-14H,4-7,9,12H2,1-3H3/t13-,14-/m1/s1. The number of aromatic nitrogens is 2. The van der Waals surface area contributed by atoms with E-state index in [1.807, 2.05) is 17.7 Å². The first-order valence-electron chi connectivity index (χ1n) is 8.05. The molecule has 7 nitrogen and oxygen atoms in total. The fraction of sp³-hybridized carbons (Fsp3) is 0.733. The van der Waals surface area contributed by atoms with Crippen LogP contribution in [-0.4, -0.2) is 46.7 Å². The van der Waals surface area contributed by atoms with Crippen molar-refractivity contribution in [2.75, 3.05) is 20.1 Å². The van der Waals surface area contributed by atoms with Gasteiger partial charge in [0, 0.05) is 39.1 Å². The largest absolute Gasteiger partial charge is 0.334 e. The van der Waals surface area contributed by atoms with Crippen molar-refractivity contribution in [2.45, 2.75) is 45.7 Å². The predicted molar refractivity (Wildman–Crippen MR) is 87.5 cm³/mol. The topological polar surface area (TPSA) is 82.2 Å². The van der Waals surface area contributed by atoms with Crippen molar-refractivity contribution in [3.05, 3.63) is 18.2 Å². The Morgan fingerprint density at radius 2 is 2.26 bits per heavy atom. The second-order valence-electron chi connectivity index (χ2n) is 6.01. The Hall–Kier alpha value is -1.43. The number of imidazole rings is 1. The van der Waals surface area contributed by atoms with Gasteiger partial charge in [0.15, 0.2) is 0 Å². The molecule has 0 amide bonds. The lowest BCUT2D eigenvalue weighted by atomic mass is 10.0. The third-order valence-electron chi connectivity index (χ3n) is 4.28. The van der Waals surface area contributed by atoms with E-state index in [4.69, 9.17) is 5.26 Å². The summed E-state index contributed by atoms with van der Waals surface area (Å²) in [6.45, 7) is 5.21. The van der Waals surface area contributed by atoms with Crippen LogP contribution in [0.4, 0.5) is 0 Å². The fourth-order valence-corrected chi connectivity index (χ4v) is 4.68. The summed E-state index contributed by atoms with van der Waals surface area (Å²) in [7, 11) is -2.06. The van der Waals surface area contributed by atoms with E-state index in [9.17, 15) is 8.42 Å². The minimum Gasteiger partial charge on any atom is -0.334 e. The van der Waals surface area contributed by atoms with Gasteiger partial charge in [-0.2, -0.15) is 22.3 Å². The zero-order chi connectivity index (χ0) is 17.0. The molecule has 0 spiro atoms. The van der Waals surface area contributed by atoms with Crippen LogP contribution in [0, 0.1) is 17.2 Å². The number of piperidine rings is 1. The van der Waals surface area contributed by atoms with Gasteiger partial charge in [0.05, 0.1) is 18.0 Å². The quantitative estimate of drug-likeness (QED) is 0.791. The first-order chi connectivity index (χ1) is 10.9. The molecule has 0 radical (unpaired) electrons. The van der Waals surface area contributed by atoms with Gasteiger partial charge in [-0.15, -0.1) is 0 Å². The molecule has 2 heterocycles. The molecule has 1 saturated heterocycles. The molecule has 2 atom stereocenters. The van der Waals surface area contributed by atoms with Crippen LogP contribution in [0.5, 0.6) is 0 Å². The number of rotatable bonds is 6. The molecule has 0 N–H and O–H groups in total. The monoisotopic (exact) mass is 339 g/mol. The Balaban J connectivity index is 2.29. The summed E-state index contributed by atoms with van der Waals surface area (Å²) in [5.41, 5.74) is 0. The molecule has 1 fully saturated rings. The first-order valence-corrected chi connectivity index (χ1v) is 9.45. The first kappa shape index (κ1) is 17.9.